The van der Waals surface area contributed by atoms with Crippen LogP contribution < -0.4 is 0 Å². The molecule has 17 heavy (non-hydrogen) atoms. The molecule has 0 aromatic rings. The molecular weight excluding hydrogens is 244 g/mol. The summed E-state index contributed by atoms with van der Waals surface area (Å²) < 4.78 is 29.0. The minimum absolute atomic E-state index is 0.00811. The van der Waals surface area contributed by atoms with E-state index in [0.29, 0.717) is 13.1 Å². The average Bonchev–Trinajstić information content (AvgIpc) is 2.14. The van der Waals surface area contributed by atoms with Crippen LogP contribution in [0.3, 0.4) is 0 Å². The van der Waals surface area contributed by atoms with Crippen molar-refractivity contribution in [3.05, 3.63) is 0 Å². The molecular formula is C10H20N2O4S. The van der Waals surface area contributed by atoms with Gasteiger partial charge >= 0.3 is 0 Å². The van der Waals surface area contributed by atoms with Gasteiger partial charge in [0.15, 0.2) is 0 Å². The summed E-state index contributed by atoms with van der Waals surface area (Å²) in [6.07, 6.45) is 1.07. The molecule has 0 bridgehead atoms. The summed E-state index contributed by atoms with van der Waals surface area (Å²) in [6.45, 7) is 4.71. The number of rotatable bonds is 3. The predicted molar refractivity (Wildman–Crippen MR) is 64.1 cm³/mol. The zero-order valence-electron chi connectivity index (χ0n) is 10.7. The Bertz CT molecular complexity index is 372. The first-order chi connectivity index (χ1) is 7.70. The van der Waals surface area contributed by atoms with Crippen LogP contribution in [0.15, 0.2) is 0 Å². The van der Waals surface area contributed by atoms with Crippen LogP contribution in [0.4, 0.5) is 0 Å². The van der Waals surface area contributed by atoms with E-state index in [1.807, 2.05) is 13.8 Å². The van der Waals surface area contributed by atoms with Gasteiger partial charge in [-0.25, -0.2) is 8.42 Å². The van der Waals surface area contributed by atoms with Crippen molar-refractivity contribution >= 4 is 15.9 Å². The lowest BCUT2D eigenvalue weighted by Gasteiger charge is -2.35. The van der Waals surface area contributed by atoms with Crippen molar-refractivity contribution in [2.75, 3.05) is 32.9 Å². The first-order valence-corrected chi connectivity index (χ1v) is 7.39. The van der Waals surface area contributed by atoms with Gasteiger partial charge < -0.3 is 9.64 Å². The van der Waals surface area contributed by atoms with Crippen LogP contribution in [0, 0.1) is 0 Å². The van der Waals surface area contributed by atoms with Crippen molar-refractivity contribution in [2.24, 2.45) is 0 Å². The summed E-state index contributed by atoms with van der Waals surface area (Å²) in [5.74, 6) is -0.181. The lowest BCUT2D eigenvalue weighted by molar-refractivity contribution is -0.143. The molecule has 0 saturated carbocycles. The van der Waals surface area contributed by atoms with Crippen LogP contribution >= 0.6 is 0 Å². The van der Waals surface area contributed by atoms with Gasteiger partial charge in [-0.15, -0.1) is 0 Å². The summed E-state index contributed by atoms with van der Waals surface area (Å²) in [5.41, 5.74) is 0. The second kappa shape index (κ2) is 5.32. The summed E-state index contributed by atoms with van der Waals surface area (Å²) in [5, 5.41) is 0. The third-order valence-electron chi connectivity index (χ3n) is 2.70. The van der Waals surface area contributed by atoms with Crippen molar-refractivity contribution in [3.63, 3.8) is 0 Å². The topological polar surface area (TPSA) is 66.9 Å². The Kier molecular flexibility index (Phi) is 4.51. The minimum Gasteiger partial charge on any atom is -0.372 e. The molecule has 7 heteroatoms. The number of amides is 1. The quantitative estimate of drug-likeness (QED) is 0.690. The van der Waals surface area contributed by atoms with Gasteiger partial charge in [-0.05, 0) is 13.8 Å². The number of sulfonamides is 1. The van der Waals surface area contributed by atoms with Crippen molar-refractivity contribution in [2.45, 2.75) is 26.1 Å². The molecule has 1 aliphatic rings. The van der Waals surface area contributed by atoms with Crippen LogP contribution in [0.1, 0.15) is 13.8 Å². The maximum atomic E-state index is 11.9. The predicted octanol–water partition coefficient (Wildman–Crippen LogP) is -0.486. The van der Waals surface area contributed by atoms with Crippen LogP contribution in [-0.2, 0) is 19.6 Å². The Labute approximate surface area is 103 Å². The molecule has 0 radical (unpaired) electrons. The number of nitrogens with zero attached hydrogens (tertiary/aromatic N) is 2. The fourth-order valence-corrected chi connectivity index (χ4v) is 2.13. The van der Waals surface area contributed by atoms with E-state index in [0.717, 1.165) is 10.6 Å². The molecule has 1 amide bonds. The number of ether oxygens (including phenoxy) is 1. The second-order valence-electron chi connectivity index (χ2n) is 4.58. The Hall–Kier alpha value is -0.660. The van der Waals surface area contributed by atoms with Crippen molar-refractivity contribution < 1.29 is 17.9 Å². The van der Waals surface area contributed by atoms with E-state index in [9.17, 15) is 13.2 Å². The van der Waals surface area contributed by atoms with E-state index in [1.54, 1.807) is 4.90 Å². The maximum Gasteiger partial charge on any atom is 0.238 e. The molecule has 0 aromatic carbocycles. The number of hydrogen-bond donors (Lipinski definition) is 0. The molecule has 100 valence electrons. The van der Waals surface area contributed by atoms with Crippen molar-refractivity contribution in [1.82, 2.24) is 9.21 Å². The zero-order chi connectivity index (χ0) is 13.2. The standard InChI is InChI=1S/C10H20N2O4S/c1-8-5-12(6-9(2)16-8)10(13)7-11(3)17(4,14)15/h8-9H,5-7H2,1-4H3/t8-,9-/m1/s1. The molecule has 1 saturated heterocycles. The van der Waals surface area contributed by atoms with Gasteiger partial charge in [-0.2, -0.15) is 4.31 Å². The maximum absolute atomic E-state index is 11.9. The van der Waals surface area contributed by atoms with E-state index in [-0.39, 0.29) is 24.7 Å². The summed E-state index contributed by atoms with van der Waals surface area (Å²) in [6, 6.07) is 0. The number of likely N-dealkylation sites (N-methyl/N-ethyl adjacent to an activating group) is 1. The highest BCUT2D eigenvalue weighted by Gasteiger charge is 2.27. The molecule has 2 atom stereocenters. The molecule has 1 heterocycles. The second-order valence-corrected chi connectivity index (χ2v) is 6.66. The first kappa shape index (κ1) is 14.4. The molecule has 0 spiro atoms. The van der Waals surface area contributed by atoms with Crippen LogP contribution in [-0.4, -0.2) is 68.7 Å². The summed E-state index contributed by atoms with van der Waals surface area (Å²) in [4.78, 5) is 13.6. The Morgan fingerprint density at radius 3 is 2.24 bits per heavy atom. The van der Waals surface area contributed by atoms with E-state index < -0.39 is 10.0 Å². The first-order valence-electron chi connectivity index (χ1n) is 5.54. The number of hydrogen-bond acceptors (Lipinski definition) is 4. The Morgan fingerprint density at radius 2 is 1.82 bits per heavy atom. The average molecular weight is 264 g/mol. The molecule has 1 aliphatic heterocycles. The monoisotopic (exact) mass is 264 g/mol. The lowest BCUT2D eigenvalue weighted by atomic mass is 10.2. The number of morpholine rings is 1. The SMILES string of the molecule is C[C@@H]1CN(C(=O)CN(C)S(C)(=O)=O)C[C@@H](C)O1. The van der Waals surface area contributed by atoms with E-state index in [2.05, 4.69) is 0 Å². The lowest BCUT2D eigenvalue weighted by Crippen LogP contribution is -2.51. The van der Waals surface area contributed by atoms with E-state index in [4.69, 9.17) is 4.74 Å². The highest BCUT2D eigenvalue weighted by atomic mass is 32.2. The normalized spacial score (nSPS) is 26.3. The van der Waals surface area contributed by atoms with Gasteiger partial charge in [0.1, 0.15) is 0 Å². The molecule has 0 aromatic heterocycles. The van der Waals surface area contributed by atoms with Gasteiger partial charge in [0.05, 0.1) is 25.0 Å². The minimum atomic E-state index is -3.31. The van der Waals surface area contributed by atoms with Gasteiger partial charge in [0.25, 0.3) is 0 Å². The third kappa shape index (κ3) is 4.25. The van der Waals surface area contributed by atoms with Crippen LogP contribution in [0.2, 0.25) is 0 Å². The molecule has 6 nitrogen and oxygen atoms in total. The van der Waals surface area contributed by atoms with Crippen LogP contribution in [0.5, 0.6) is 0 Å². The highest BCUT2D eigenvalue weighted by Crippen LogP contribution is 2.11. The zero-order valence-corrected chi connectivity index (χ0v) is 11.5. The number of carbonyl (C=O) groups is 1. The molecule has 0 N–H and O–H groups in total. The fourth-order valence-electron chi connectivity index (χ4n) is 1.79. The Balaban J connectivity index is 2.59. The van der Waals surface area contributed by atoms with Gasteiger partial charge in [0.2, 0.25) is 15.9 Å². The fraction of sp³-hybridized carbons (Fsp3) is 0.900. The highest BCUT2D eigenvalue weighted by molar-refractivity contribution is 7.88. The van der Waals surface area contributed by atoms with Gasteiger partial charge in [0, 0.05) is 20.1 Å². The Morgan fingerprint density at radius 1 is 1.35 bits per heavy atom. The summed E-state index contributed by atoms with van der Waals surface area (Å²) >= 11 is 0. The number of carbonyl (C=O) groups excluding carboxylic acids is 1. The molecule has 0 unspecified atom stereocenters. The van der Waals surface area contributed by atoms with Crippen molar-refractivity contribution in [1.29, 1.82) is 0 Å². The summed E-state index contributed by atoms with van der Waals surface area (Å²) in [7, 11) is -1.91. The van der Waals surface area contributed by atoms with Gasteiger partial charge in [-0.3, -0.25) is 4.79 Å². The van der Waals surface area contributed by atoms with Gasteiger partial charge in [-0.1, -0.05) is 0 Å². The molecule has 1 rings (SSSR count). The van der Waals surface area contributed by atoms with Crippen LogP contribution in [0.25, 0.3) is 0 Å². The molecule has 0 aliphatic carbocycles. The molecule has 1 fully saturated rings. The van der Waals surface area contributed by atoms with Crippen molar-refractivity contribution in [3.8, 4) is 0 Å². The smallest absolute Gasteiger partial charge is 0.238 e. The van der Waals surface area contributed by atoms with E-state index in [1.165, 1.54) is 7.05 Å². The largest absolute Gasteiger partial charge is 0.372 e. The van der Waals surface area contributed by atoms with E-state index >= 15 is 0 Å². The third-order valence-corrected chi connectivity index (χ3v) is 3.96.